The van der Waals surface area contributed by atoms with Crippen LogP contribution in [0.1, 0.15) is 12.5 Å². The molecule has 3 heterocycles. The number of pyridine rings is 1. The molecule has 2 saturated heterocycles. The third kappa shape index (κ3) is 5.03. The topological polar surface area (TPSA) is 48.9 Å². The van der Waals surface area contributed by atoms with Crippen molar-refractivity contribution in [2.24, 2.45) is 0 Å². The van der Waals surface area contributed by atoms with E-state index in [-0.39, 0.29) is 17.0 Å². The van der Waals surface area contributed by atoms with Gasteiger partial charge in [0.1, 0.15) is 5.82 Å². The summed E-state index contributed by atoms with van der Waals surface area (Å²) in [6, 6.07) is 0.902. The Hall–Kier alpha value is -1.58. The first-order valence-electron chi connectivity index (χ1n) is 8.83. The molecule has 1 atom stereocenters. The highest BCUT2D eigenvalue weighted by molar-refractivity contribution is 6.33. The second-order valence-electron chi connectivity index (χ2n) is 6.81. The van der Waals surface area contributed by atoms with Crippen molar-refractivity contribution < 1.29 is 22.7 Å². The van der Waals surface area contributed by atoms with Crippen molar-refractivity contribution in [3.63, 3.8) is 0 Å². The molecule has 0 N–H and O–H groups in total. The molecule has 0 aromatic carbocycles. The molecule has 0 saturated carbocycles. The van der Waals surface area contributed by atoms with Crippen LogP contribution in [0.2, 0.25) is 5.02 Å². The van der Waals surface area contributed by atoms with Gasteiger partial charge >= 0.3 is 6.18 Å². The van der Waals surface area contributed by atoms with Crippen LogP contribution in [0, 0.1) is 0 Å². The number of hydrogen-bond acceptors (Lipinski definition) is 5. The summed E-state index contributed by atoms with van der Waals surface area (Å²) in [6.45, 7) is 6.36. The number of anilines is 1. The van der Waals surface area contributed by atoms with Crippen molar-refractivity contribution in [1.29, 1.82) is 0 Å². The second kappa shape index (κ2) is 8.20. The van der Waals surface area contributed by atoms with Crippen molar-refractivity contribution in [1.82, 2.24) is 14.8 Å². The number of hydrogen-bond donors (Lipinski definition) is 0. The van der Waals surface area contributed by atoms with Gasteiger partial charge in [-0.15, -0.1) is 0 Å². The summed E-state index contributed by atoms with van der Waals surface area (Å²) < 4.78 is 43.6. The summed E-state index contributed by atoms with van der Waals surface area (Å²) >= 11 is 6.01. The Kier molecular flexibility index (Phi) is 6.12. The number of ether oxygens (including phenoxy) is 1. The van der Waals surface area contributed by atoms with Crippen LogP contribution in [-0.2, 0) is 15.7 Å². The summed E-state index contributed by atoms with van der Waals surface area (Å²) in [7, 11) is 0. The van der Waals surface area contributed by atoms with Crippen molar-refractivity contribution >= 4 is 23.3 Å². The summed E-state index contributed by atoms with van der Waals surface area (Å²) in [6.07, 6.45) is -3.62. The predicted octanol–water partition coefficient (Wildman–Crippen LogP) is 2.12. The zero-order valence-electron chi connectivity index (χ0n) is 15.0. The van der Waals surface area contributed by atoms with Crippen LogP contribution in [0.15, 0.2) is 12.3 Å². The molecule has 1 amide bonds. The van der Waals surface area contributed by atoms with Gasteiger partial charge < -0.3 is 14.5 Å². The highest BCUT2D eigenvalue weighted by atomic mass is 35.5. The molecular formula is C17H22ClF3N4O2. The minimum Gasteiger partial charge on any atom is -0.375 e. The molecule has 0 radical (unpaired) electrons. The van der Waals surface area contributed by atoms with Crippen LogP contribution in [0.3, 0.4) is 0 Å². The Balaban J connectivity index is 1.54. The monoisotopic (exact) mass is 406 g/mol. The standard InChI is InChI=1S/C17H22ClF3N4O2/c1-12-10-25(6-7-27-12)15(26)11-23-2-4-24(5-3-23)16-14(18)8-13(9-22-16)17(19,20)21/h8-9,12H,2-7,10-11H2,1H3. The number of rotatable bonds is 3. The maximum atomic E-state index is 12.7. The van der Waals surface area contributed by atoms with E-state index in [4.69, 9.17) is 16.3 Å². The van der Waals surface area contributed by atoms with Crippen LogP contribution in [0.5, 0.6) is 0 Å². The Labute approximate surface area is 160 Å². The van der Waals surface area contributed by atoms with Gasteiger partial charge in [-0.1, -0.05) is 11.6 Å². The molecule has 2 fully saturated rings. The largest absolute Gasteiger partial charge is 0.417 e. The number of carbonyl (C=O) groups is 1. The number of nitrogens with zero attached hydrogens (tertiary/aromatic N) is 4. The lowest BCUT2D eigenvalue weighted by molar-refractivity contribution is -0.139. The summed E-state index contributed by atoms with van der Waals surface area (Å²) in [4.78, 5) is 22.0. The van der Waals surface area contributed by atoms with Crippen molar-refractivity contribution in [2.45, 2.75) is 19.2 Å². The average Bonchev–Trinajstić information content (AvgIpc) is 2.61. The molecule has 0 aliphatic carbocycles. The van der Waals surface area contributed by atoms with Gasteiger partial charge in [0.05, 0.1) is 29.8 Å². The first-order valence-corrected chi connectivity index (χ1v) is 9.21. The van der Waals surface area contributed by atoms with Gasteiger partial charge in [-0.2, -0.15) is 13.2 Å². The first kappa shape index (κ1) is 20.2. The lowest BCUT2D eigenvalue weighted by Gasteiger charge is -2.37. The SMILES string of the molecule is CC1CN(C(=O)CN2CCN(c3ncc(C(F)(F)F)cc3Cl)CC2)CCO1. The molecule has 6 nitrogen and oxygen atoms in total. The molecule has 150 valence electrons. The van der Waals surface area contributed by atoms with Crippen LogP contribution < -0.4 is 4.90 Å². The first-order chi connectivity index (χ1) is 12.7. The van der Waals surface area contributed by atoms with Crippen molar-refractivity contribution in [2.75, 3.05) is 57.3 Å². The molecule has 3 rings (SSSR count). The predicted molar refractivity (Wildman–Crippen MR) is 94.9 cm³/mol. The van der Waals surface area contributed by atoms with Gasteiger partial charge in [-0.25, -0.2) is 4.98 Å². The van der Waals surface area contributed by atoms with E-state index in [2.05, 4.69) is 4.98 Å². The van der Waals surface area contributed by atoms with Crippen LogP contribution in [0.4, 0.5) is 19.0 Å². The third-order valence-electron chi connectivity index (χ3n) is 4.77. The number of alkyl halides is 3. The van der Waals surface area contributed by atoms with E-state index >= 15 is 0 Å². The molecule has 1 aromatic heterocycles. The van der Waals surface area contributed by atoms with Crippen molar-refractivity contribution in [3.8, 4) is 0 Å². The lowest BCUT2D eigenvalue weighted by atomic mass is 10.2. The highest BCUT2D eigenvalue weighted by Gasteiger charge is 2.32. The van der Waals surface area contributed by atoms with Crippen LogP contribution >= 0.6 is 11.6 Å². The molecule has 1 unspecified atom stereocenters. The minimum absolute atomic E-state index is 0.0170. The van der Waals surface area contributed by atoms with Gasteiger partial charge in [-0.3, -0.25) is 9.69 Å². The van der Waals surface area contributed by atoms with Crippen LogP contribution in [0.25, 0.3) is 0 Å². The normalized spacial score (nSPS) is 22.2. The maximum Gasteiger partial charge on any atom is 0.417 e. The number of piperazine rings is 1. The molecule has 10 heteroatoms. The van der Waals surface area contributed by atoms with E-state index < -0.39 is 11.7 Å². The molecule has 0 spiro atoms. The number of morpholine rings is 1. The molecular weight excluding hydrogens is 385 g/mol. The van der Waals surface area contributed by atoms with Gasteiger partial charge in [0.25, 0.3) is 0 Å². The summed E-state index contributed by atoms with van der Waals surface area (Å²) in [5.74, 6) is 0.418. The number of halogens is 4. The van der Waals surface area contributed by atoms with E-state index in [1.54, 1.807) is 0 Å². The number of carbonyl (C=O) groups excluding carboxylic acids is 1. The highest BCUT2D eigenvalue weighted by Crippen LogP contribution is 2.33. The fourth-order valence-corrected chi connectivity index (χ4v) is 3.56. The van der Waals surface area contributed by atoms with Gasteiger partial charge in [0, 0.05) is 45.5 Å². The molecule has 0 bridgehead atoms. The van der Waals surface area contributed by atoms with E-state index in [9.17, 15) is 18.0 Å². The average molecular weight is 407 g/mol. The number of aromatic nitrogens is 1. The molecule has 2 aliphatic rings. The smallest absolute Gasteiger partial charge is 0.375 e. The molecule has 27 heavy (non-hydrogen) atoms. The minimum atomic E-state index is -4.47. The Morgan fingerprint density at radius 1 is 1.30 bits per heavy atom. The van der Waals surface area contributed by atoms with E-state index in [0.717, 1.165) is 12.3 Å². The Bertz CT molecular complexity index is 681. The quantitative estimate of drug-likeness (QED) is 0.769. The van der Waals surface area contributed by atoms with Gasteiger partial charge in [0.15, 0.2) is 0 Å². The zero-order chi connectivity index (χ0) is 19.6. The molecule has 2 aliphatic heterocycles. The van der Waals surface area contributed by atoms with Gasteiger partial charge in [0.2, 0.25) is 5.91 Å². The second-order valence-corrected chi connectivity index (χ2v) is 7.22. The van der Waals surface area contributed by atoms with E-state index in [1.807, 2.05) is 21.6 Å². The number of amides is 1. The fourth-order valence-electron chi connectivity index (χ4n) is 3.27. The summed E-state index contributed by atoms with van der Waals surface area (Å²) in [5, 5.41) is -0.0170. The van der Waals surface area contributed by atoms with Gasteiger partial charge in [-0.05, 0) is 13.0 Å². The van der Waals surface area contributed by atoms with E-state index in [0.29, 0.717) is 58.2 Å². The van der Waals surface area contributed by atoms with E-state index in [1.165, 1.54) is 0 Å². The maximum absolute atomic E-state index is 12.7. The van der Waals surface area contributed by atoms with Crippen LogP contribution in [-0.4, -0.2) is 79.2 Å². The fraction of sp³-hybridized carbons (Fsp3) is 0.647. The van der Waals surface area contributed by atoms with Crippen molar-refractivity contribution in [3.05, 3.63) is 22.8 Å². The Morgan fingerprint density at radius 3 is 2.59 bits per heavy atom. The zero-order valence-corrected chi connectivity index (χ0v) is 15.8. The molecule has 1 aromatic rings. The summed E-state index contributed by atoms with van der Waals surface area (Å²) in [5.41, 5.74) is -0.861. The Morgan fingerprint density at radius 2 is 2.00 bits per heavy atom. The lowest BCUT2D eigenvalue weighted by Crippen LogP contribution is -2.52. The third-order valence-corrected chi connectivity index (χ3v) is 5.05.